The molecule has 0 saturated heterocycles. The largest absolute Gasteiger partial charge is 0.462 e. The molecule has 0 fully saturated rings. The van der Waals surface area contributed by atoms with Crippen molar-refractivity contribution in [1.29, 1.82) is 0 Å². The zero-order valence-electron chi connectivity index (χ0n) is 15.4. The molecule has 2 N–H and O–H groups in total. The third-order valence-electron chi connectivity index (χ3n) is 4.20. The molecule has 2 rings (SSSR count). The molecule has 0 atom stereocenters. The van der Waals surface area contributed by atoms with Gasteiger partial charge in [-0.1, -0.05) is 25.5 Å². The number of amides is 1. The van der Waals surface area contributed by atoms with Gasteiger partial charge in [-0.3, -0.25) is 9.36 Å². The number of nitrogens with zero attached hydrogens (tertiary/aromatic N) is 1. The molecule has 0 spiro atoms. The molecule has 0 saturated carbocycles. The highest BCUT2D eigenvalue weighted by molar-refractivity contribution is 6.01. The van der Waals surface area contributed by atoms with Crippen LogP contribution in [0.2, 0.25) is 0 Å². The third kappa shape index (κ3) is 4.84. The molecule has 0 bridgehead atoms. The second-order valence-electron chi connectivity index (χ2n) is 6.13. The third-order valence-corrected chi connectivity index (χ3v) is 4.20. The molecule has 2 aromatic rings. The van der Waals surface area contributed by atoms with E-state index in [1.165, 1.54) is 4.57 Å². The Morgan fingerprint density at radius 3 is 2.62 bits per heavy atom. The van der Waals surface area contributed by atoms with Crippen molar-refractivity contribution in [2.24, 2.45) is 0 Å². The molecule has 0 aliphatic carbocycles. The molecule has 0 unspecified atom stereocenters. The van der Waals surface area contributed by atoms with Crippen LogP contribution in [0.5, 0.6) is 0 Å². The van der Waals surface area contributed by atoms with Crippen molar-refractivity contribution in [3.8, 4) is 0 Å². The van der Waals surface area contributed by atoms with Crippen molar-refractivity contribution >= 4 is 17.6 Å². The molecular weight excluding hydrogens is 334 g/mol. The number of aryl methyl sites for hydroxylation is 1. The summed E-state index contributed by atoms with van der Waals surface area (Å²) in [7, 11) is 0. The van der Waals surface area contributed by atoms with Crippen molar-refractivity contribution in [1.82, 2.24) is 9.55 Å². The number of carbonyl (C=O) groups excluding carboxylic acids is 2. The van der Waals surface area contributed by atoms with E-state index in [-0.39, 0.29) is 24.6 Å². The Bertz CT molecular complexity index is 836. The van der Waals surface area contributed by atoms with E-state index in [1.54, 1.807) is 24.3 Å². The van der Waals surface area contributed by atoms with Crippen LogP contribution in [-0.4, -0.2) is 28.0 Å². The second kappa shape index (κ2) is 9.03. The molecule has 0 aliphatic heterocycles. The lowest BCUT2D eigenvalue weighted by Crippen LogP contribution is -2.22. The molecule has 140 valence electrons. The van der Waals surface area contributed by atoms with Crippen LogP contribution in [0.1, 0.15) is 47.9 Å². The molecule has 1 heterocycles. The molecular formula is C19H25N3O4. The van der Waals surface area contributed by atoms with Crippen LogP contribution in [0.25, 0.3) is 0 Å². The number of hydrogen-bond acceptors (Lipinski definition) is 4. The molecule has 1 aromatic carbocycles. The van der Waals surface area contributed by atoms with Crippen LogP contribution in [0.3, 0.4) is 0 Å². The number of rotatable bonds is 8. The first-order valence-electron chi connectivity index (χ1n) is 8.76. The Morgan fingerprint density at radius 1 is 1.23 bits per heavy atom. The maximum absolute atomic E-state index is 12.3. The number of carbonyl (C=O) groups is 2. The highest BCUT2D eigenvalue weighted by Gasteiger charge is 2.15. The summed E-state index contributed by atoms with van der Waals surface area (Å²) in [5, 5.41) is 2.73. The average Bonchev–Trinajstić information content (AvgIpc) is 2.85. The Labute approximate surface area is 152 Å². The monoisotopic (exact) mass is 359 g/mol. The summed E-state index contributed by atoms with van der Waals surface area (Å²) in [5.74, 6) is -0.730. The number of imidazole rings is 1. The lowest BCUT2D eigenvalue weighted by molar-refractivity contribution is -0.116. The van der Waals surface area contributed by atoms with Crippen LogP contribution in [-0.2, 0) is 16.1 Å². The summed E-state index contributed by atoms with van der Waals surface area (Å²) in [5.41, 5.74) is 2.10. The van der Waals surface area contributed by atoms with Gasteiger partial charge in [0.05, 0.1) is 17.9 Å². The number of esters is 1. The molecule has 1 aromatic heterocycles. The van der Waals surface area contributed by atoms with Crippen LogP contribution >= 0.6 is 0 Å². The van der Waals surface area contributed by atoms with Crippen molar-refractivity contribution < 1.29 is 14.3 Å². The van der Waals surface area contributed by atoms with Crippen LogP contribution in [0.4, 0.5) is 5.69 Å². The van der Waals surface area contributed by atoms with Gasteiger partial charge in [-0.15, -0.1) is 0 Å². The number of nitrogens with one attached hydrogen (secondary N) is 2. The normalized spacial score (nSPS) is 10.6. The number of aromatic nitrogens is 2. The van der Waals surface area contributed by atoms with Gasteiger partial charge in [-0.25, -0.2) is 9.59 Å². The molecule has 0 aliphatic rings. The minimum Gasteiger partial charge on any atom is -0.462 e. The topological polar surface area (TPSA) is 93.2 Å². The average molecular weight is 359 g/mol. The van der Waals surface area contributed by atoms with Gasteiger partial charge in [0, 0.05) is 24.4 Å². The summed E-state index contributed by atoms with van der Waals surface area (Å²) in [6.45, 7) is 6.28. The first-order chi connectivity index (χ1) is 12.4. The van der Waals surface area contributed by atoms with E-state index >= 15 is 0 Å². The molecule has 7 heteroatoms. The number of hydrogen-bond donors (Lipinski definition) is 2. The highest BCUT2D eigenvalue weighted by atomic mass is 16.5. The number of para-hydroxylation sites is 1. The molecule has 7 nitrogen and oxygen atoms in total. The Hall–Kier alpha value is -2.83. The van der Waals surface area contributed by atoms with Crippen molar-refractivity contribution in [2.75, 3.05) is 11.9 Å². The quantitative estimate of drug-likeness (QED) is 0.560. The number of aromatic amines is 1. The predicted octanol–water partition coefficient (Wildman–Crippen LogP) is 2.78. The van der Waals surface area contributed by atoms with E-state index in [9.17, 15) is 14.4 Å². The Balaban J connectivity index is 2.00. The summed E-state index contributed by atoms with van der Waals surface area (Å²) in [6, 6.07) is 6.74. The van der Waals surface area contributed by atoms with E-state index in [0.717, 1.165) is 24.2 Å². The fraction of sp³-hybridized carbons (Fsp3) is 0.421. The van der Waals surface area contributed by atoms with E-state index < -0.39 is 5.97 Å². The number of ether oxygens (including phenoxy) is 1. The minimum atomic E-state index is -0.456. The van der Waals surface area contributed by atoms with Crippen LogP contribution < -0.4 is 11.0 Å². The number of anilines is 1. The fourth-order valence-corrected chi connectivity index (χ4v) is 2.53. The van der Waals surface area contributed by atoms with Gasteiger partial charge < -0.3 is 15.0 Å². The maximum atomic E-state index is 12.3. The van der Waals surface area contributed by atoms with Gasteiger partial charge in [0.1, 0.15) is 0 Å². The predicted molar refractivity (Wildman–Crippen MR) is 99.4 cm³/mol. The molecule has 26 heavy (non-hydrogen) atoms. The highest BCUT2D eigenvalue weighted by Crippen LogP contribution is 2.17. The fourth-order valence-electron chi connectivity index (χ4n) is 2.53. The van der Waals surface area contributed by atoms with Crippen molar-refractivity contribution in [3.05, 3.63) is 51.7 Å². The number of H-pyrrole nitrogens is 1. The van der Waals surface area contributed by atoms with Gasteiger partial charge in [-0.05, 0) is 32.4 Å². The van der Waals surface area contributed by atoms with Crippen molar-refractivity contribution in [2.45, 2.75) is 46.6 Å². The zero-order chi connectivity index (χ0) is 19.1. The molecule has 0 radical (unpaired) electrons. The SMILES string of the molecule is CCCCOC(=O)c1ccccc1NC(=O)CCn1c(C)c(C)[nH]c1=O. The van der Waals surface area contributed by atoms with Gasteiger partial charge >= 0.3 is 11.7 Å². The van der Waals surface area contributed by atoms with Crippen LogP contribution in [0, 0.1) is 13.8 Å². The van der Waals surface area contributed by atoms with Crippen molar-refractivity contribution in [3.63, 3.8) is 0 Å². The van der Waals surface area contributed by atoms with E-state index in [4.69, 9.17) is 4.74 Å². The standard InChI is InChI=1S/C19H25N3O4/c1-4-5-12-26-18(24)15-8-6-7-9-16(15)21-17(23)10-11-22-14(3)13(2)20-19(22)25/h6-9H,4-5,10-12H2,1-3H3,(H,20,25)(H,21,23). The summed E-state index contributed by atoms with van der Waals surface area (Å²) >= 11 is 0. The lowest BCUT2D eigenvalue weighted by atomic mass is 10.1. The lowest BCUT2D eigenvalue weighted by Gasteiger charge is -2.11. The van der Waals surface area contributed by atoms with Gasteiger partial charge in [0.25, 0.3) is 0 Å². The molecule has 1 amide bonds. The first kappa shape index (κ1) is 19.5. The summed E-state index contributed by atoms with van der Waals surface area (Å²) in [4.78, 5) is 39.0. The summed E-state index contributed by atoms with van der Waals surface area (Å²) < 4.78 is 6.74. The van der Waals surface area contributed by atoms with E-state index in [0.29, 0.717) is 17.9 Å². The smallest absolute Gasteiger partial charge is 0.340 e. The van der Waals surface area contributed by atoms with E-state index in [1.807, 2.05) is 20.8 Å². The number of benzene rings is 1. The maximum Gasteiger partial charge on any atom is 0.340 e. The minimum absolute atomic E-state index is 0.122. The van der Waals surface area contributed by atoms with Gasteiger partial charge in [0.2, 0.25) is 5.91 Å². The van der Waals surface area contributed by atoms with Gasteiger partial charge in [0.15, 0.2) is 0 Å². The Morgan fingerprint density at radius 2 is 1.96 bits per heavy atom. The van der Waals surface area contributed by atoms with Gasteiger partial charge in [-0.2, -0.15) is 0 Å². The zero-order valence-corrected chi connectivity index (χ0v) is 15.4. The van der Waals surface area contributed by atoms with E-state index in [2.05, 4.69) is 10.3 Å². The second-order valence-corrected chi connectivity index (χ2v) is 6.13. The number of unbranched alkanes of at least 4 members (excludes halogenated alkanes) is 1. The summed E-state index contributed by atoms with van der Waals surface area (Å²) in [6.07, 6.45) is 1.85. The first-order valence-corrected chi connectivity index (χ1v) is 8.76. The van der Waals surface area contributed by atoms with Crippen LogP contribution in [0.15, 0.2) is 29.1 Å². The Kier molecular flexibility index (Phi) is 6.77.